The van der Waals surface area contributed by atoms with Crippen molar-refractivity contribution in [2.75, 3.05) is 39.8 Å². The Bertz CT molecular complexity index is 1250. The molecule has 3 atom stereocenters. The fourth-order valence-electron chi connectivity index (χ4n) is 5.00. The summed E-state index contributed by atoms with van der Waals surface area (Å²) in [4.78, 5) is 42.7. The van der Waals surface area contributed by atoms with Gasteiger partial charge in [0.05, 0.1) is 0 Å². The van der Waals surface area contributed by atoms with Crippen molar-refractivity contribution in [1.82, 2.24) is 35.4 Å². The Labute approximate surface area is 227 Å². The van der Waals surface area contributed by atoms with Gasteiger partial charge in [0.25, 0.3) is 5.91 Å². The van der Waals surface area contributed by atoms with Crippen LogP contribution < -0.4 is 10.6 Å². The second-order valence-electron chi connectivity index (χ2n) is 10.3. The van der Waals surface area contributed by atoms with Crippen LogP contribution in [0.1, 0.15) is 41.1 Å². The van der Waals surface area contributed by atoms with Crippen molar-refractivity contribution in [3.05, 3.63) is 78.1 Å². The van der Waals surface area contributed by atoms with Crippen LogP contribution in [0.15, 0.2) is 61.2 Å². The van der Waals surface area contributed by atoms with E-state index >= 15 is 0 Å². The molecular weight excluding hydrogens is 497 g/mol. The highest BCUT2D eigenvalue weighted by molar-refractivity contribution is 5.97. The lowest BCUT2D eigenvalue weighted by molar-refractivity contribution is -0.135. The zero-order valence-corrected chi connectivity index (χ0v) is 22.1. The maximum Gasteiger partial charge on any atom is 0.251 e. The standard InChI is InChI=1S/C29H34FN7O2/c1-36-13-15-37(16-14-36)29(39)25(3-2-12-32-26-17-24(26)20-8-10-23(30)11-9-20)35-28(38)22-6-4-21(5-7-22)27-33-18-31-19-34-27/h4-11,18-19,24-26,32H,2-3,12-17H2,1H3,(H,35,38)/t24-,25-,26+/m0/s1. The van der Waals surface area contributed by atoms with Gasteiger partial charge < -0.3 is 20.4 Å². The number of nitrogens with zero attached hydrogens (tertiary/aromatic N) is 5. The molecule has 1 saturated carbocycles. The summed E-state index contributed by atoms with van der Waals surface area (Å²) in [5.41, 5.74) is 2.40. The first-order chi connectivity index (χ1) is 19.0. The molecule has 9 nitrogen and oxygen atoms in total. The van der Waals surface area contributed by atoms with Gasteiger partial charge in [-0.05, 0) is 62.7 Å². The normalized spacial score (nSPS) is 19.9. The summed E-state index contributed by atoms with van der Waals surface area (Å²) >= 11 is 0. The van der Waals surface area contributed by atoms with Crippen molar-refractivity contribution in [2.24, 2.45) is 0 Å². The van der Waals surface area contributed by atoms with Crippen LogP contribution in [0.3, 0.4) is 0 Å². The summed E-state index contributed by atoms with van der Waals surface area (Å²) < 4.78 is 13.2. The van der Waals surface area contributed by atoms with Crippen molar-refractivity contribution in [3.8, 4) is 11.4 Å². The fourth-order valence-corrected chi connectivity index (χ4v) is 5.00. The molecule has 1 aliphatic heterocycles. The minimum atomic E-state index is -0.599. The summed E-state index contributed by atoms with van der Waals surface area (Å²) in [6, 6.07) is 13.5. The fraction of sp³-hybridized carbons (Fsp3) is 0.414. The van der Waals surface area contributed by atoms with Gasteiger partial charge in [0, 0.05) is 49.3 Å². The number of rotatable bonds is 10. The first-order valence-corrected chi connectivity index (χ1v) is 13.5. The number of carbonyl (C=O) groups excluding carboxylic acids is 2. The van der Waals surface area contributed by atoms with Crippen molar-refractivity contribution in [1.29, 1.82) is 0 Å². The van der Waals surface area contributed by atoms with E-state index in [0.717, 1.165) is 43.6 Å². The molecule has 2 amide bonds. The van der Waals surface area contributed by atoms with Crippen LogP contribution in [0, 0.1) is 5.82 Å². The number of halogens is 1. The van der Waals surface area contributed by atoms with Gasteiger partial charge >= 0.3 is 0 Å². The van der Waals surface area contributed by atoms with Crippen LogP contribution in [-0.4, -0.2) is 88.4 Å². The molecule has 39 heavy (non-hydrogen) atoms. The maximum absolute atomic E-state index is 13.4. The summed E-state index contributed by atoms with van der Waals surface area (Å²) in [5, 5.41) is 6.55. The van der Waals surface area contributed by atoms with E-state index in [2.05, 4.69) is 30.5 Å². The van der Waals surface area contributed by atoms with Gasteiger partial charge in [-0.3, -0.25) is 9.59 Å². The number of amides is 2. The Morgan fingerprint density at radius 2 is 1.69 bits per heavy atom. The number of aromatic nitrogens is 3. The van der Waals surface area contributed by atoms with E-state index in [0.29, 0.717) is 42.9 Å². The van der Waals surface area contributed by atoms with Crippen LogP contribution in [0.5, 0.6) is 0 Å². The monoisotopic (exact) mass is 531 g/mol. The summed E-state index contributed by atoms with van der Waals surface area (Å²) in [6.07, 6.45) is 5.17. The molecule has 0 bridgehead atoms. The molecule has 204 valence electrons. The lowest BCUT2D eigenvalue weighted by Crippen LogP contribution is -2.54. The Morgan fingerprint density at radius 3 is 2.38 bits per heavy atom. The van der Waals surface area contributed by atoms with Crippen molar-refractivity contribution < 1.29 is 14.0 Å². The van der Waals surface area contributed by atoms with Gasteiger partial charge in [0.2, 0.25) is 5.91 Å². The molecule has 0 unspecified atom stereocenters. The maximum atomic E-state index is 13.4. The predicted octanol–water partition coefficient (Wildman–Crippen LogP) is 2.48. The Hall–Kier alpha value is -3.76. The third-order valence-corrected chi connectivity index (χ3v) is 7.48. The molecule has 2 N–H and O–H groups in total. The average molecular weight is 532 g/mol. The Kier molecular flexibility index (Phi) is 8.53. The van der Waals surface area contributed by atoms with Crippen LogP contribution >= 0.6 is 0 Å². The molecule has 2 aromatic carbocycles. The lowest BCUT2D eigenvalue weighted by atomic mass is 10.1. The summed E-state index contributed by atoms with van der Waals surface area (Å²) in [6.45, 7) is 3.69. The number of hydrogen-bond acceptors (Lipinski definition) is 7. The quantitative estimate of drug-likeness (QED) is 0.388. The second kappa shape index (κ2) is 12.4. The highest BCUT2D eigenvalue weighted by Crippen LogP contribution is 2.40. The highest BCUT2D eigenvalue weighted by atomic mass is 19.1. The van der Waals surface area contributed by atoms with Gasteiger partial charge in [-0.2, -0.15) is 0 Å². The molecule has 0 spiro atoms. The highest BCUT2D eigenvalue weighted by Gasteiger charge is 2.37. The molecule has 1 aromatic heterocycles. The molecule has 2 aliphatic rings. The van der Waals surface area contributed by atoms with E-state index in [-0.39, 0.29) is 17.6 Å². The number of likely N-dealkylation sites (N-methyl/N-ethyl adjacent to an activating group) is 1. The molecule has 10 heteroatoms. The van der Waals surface area contributed by atoms with E-state index in [4.69, 9.17) is 0 Å². The first-order valence-electron chi connectivity index (χ1n) is 13.5. The number of piperazine rings is 1. The van der Waals surface area contributed by atoms with E-state index in [1.54, 1.807) is 24.3 Å². The minimum absolute atomic E-state index is 0.0335. The van der Waals surface area contributed by atoms with E-state index < -0.39 is 6.04 Å². The van der Waals surface area contributed by atoms with Gasteiger partial charge in [-0.1, -0.05) is 24.3 Å². The Morgan fingerprint density at radius 1 is 1.00 bits per heavy atom. The zero-order chi connectivity index (χ0) is 27.2. The largest absolute Gasteiger partial charge is 0.340 e. The zero-order valence-electron chi connectivity index (χ0n) is 22.1. The number of carbonyl (C=O) groups is 2. The molecular formula is C29H34FN7O2. The molecule has 2 heterocycles. The molecule has 1 saturated heterocycles. The molecule has 2 fully saturated rings. The molecule has 3 aromatic rings. The lowest BCUT2D eigenvalue weighted by Gasteiger charge is -2.34. The number of hydrogen-bond donors (Lipinski definition) is 2. The van der Waals surface area contributed by atoms with Crippen LogP contribution in [0.25, 0.3) is 11.4 Å². The topological polar surface area (TPSA) is 103 Å². The smallest absolute Gasteiger partial charge is 0.251 e. The Balaban J connectivity index is 1.17. The van der Waals surface area contributed by atoms with Gasteiger partial charge in [0.1, 0.15) is 24.5 Å². The van der Waals surface area contributed by atoms with Crippen LogP contribution in [-0.2, 0) is 4.79 Å². The third kappa shape index (κ3) is 7.01. The predicted molar refractivity (Wildman–Crippen MR) is 145 cm³/mol. The summed E-state index contributed by atoms with van der Waals surface area (Å²) in [7, 11) is 2.05. The number of benzene rings is 2. The van der Waals surface area contributed by atoms with Crippen molar-refractivity contribution in [2.45, 2.75) is 37.3 Å². The molecule has 0 radical (unpaired) electrons. The van der Waals surface area contributed by atoms with Gasteiger partial charge in [0.15, 0.2) is 5.82 Å². The van der Waals surface area contributed by atoms with Crippen LogP contribution in [0.2, 0.25) is 0 Å². The van der Waals surface area contributed by atoms with E-state index in [1.807, 2.05) is 24.1 Å². The number of nitrogens with one attached hydrogen (secondary N) is 2. The van der Waals surface area contributed by atoms with Crippen LogP contribution in [0.4, 0.5) is 4.39 Å². The van der Waals surface area contributed by atoms with Crippen molar-refractivity contribution in [3.63, 3.8) is 0 Å². The second-order valence-corrected chi connectivity index (χ2v) is 10.3. The SMILES string of the molecule is CN1CCN(C(=O)[C@H](CCCN[C@@H]2C[C@H]2c2ccc(F)cc2)NC(=O)c2ccc(-c3ncncn3)cc2)CC1. The van der Waals surface area contributed by atoms with E-state index in [1.165, 1.54) is 24.8 Å². The average Bonchev–Trinajstić information content (AvgIpc) is 3.75. The molecule has 1 aliphatic carbocycles. The minimum Gasteiger partial charge on any atom is -0.340 e. The third-order valence-electron chi connectivity index (χ3n) is 7.48. The van der Waals surface area contributed by atoms with E-state index in [9.17, 15) is 14.0 Å². The van der Waals surface area contributed by atoms with Gasteiger partial charge in [-0.15, -0.1) is 0 Å². The van der Waals surface area contributed by atoms with Crippen molar-refractivity contribution >= 4 is 11.8 Å². The summed E-state index contributed by atoms with van der Waals surface area (Å²) in [5.74, 6) is 0.393. The van der Waals surface area contributed by atoms with Gasteiger partial charge in [-0.25, -0.2) is 19.3 Å². The molecule has 5 rings (SSSR count). The first kappa shape index (κ1) is 26.8.